The monoisotopic (exact) mass is 272 g/mol. The summed E-state index contributed by atoms with van der Waals surface area (Å²) in [6.07, 6.45) is 1.68. The van der Waals surface area contributed by atoms with Crippen molar-refractivity contribution in [3.05, 3.63) is 65.0 Å². The zero-order valence-corrected chi connectivity index (χ0v) is 11.2. The molecule has 2 nitrogen and oxygen atoms in total. The first-order valence-electron chi connectivity index (χ1n) is 6.90. The summed E-state index contributed by atoms with van der Waals surface area (Å²) < 4.78 is 18.6. The highest BCUT2D eigenvalue weighted by Gasteiger charge is 2.13. The second-order valence-corrected chi connectivity index (χ2v) is 5.15. The molecule has 1 aliphatic rings. The SMILES string of the molecule is OC(CCc1ccc2c(c1)CCO2)c1cccc(F)c1. The van der Waals surface area contributed by atoms with Gasteiger partial charge in [-0.1, -0.05) is 24.3 Å². The number of halogens is 1. The molecule has 1 atom stereocenters. The molecule has 1 unspecified atom stereocenters. The van der Waals surface area contributed by atoms with Gasteiger partial charge in [0.15, 0.2) is 0 Å². The Hall–Kier alpha value is -1.87. The van der Waals surface area contributed by atoms with Crippen molar-refractivity contribution >= 4 is 0 Å². The molecule has 2 aromatic rings. The minimum atomic E-state index is -0.629. The highest BCUT2D eigenvalue weighted by atomic mass is 19.1. The largest absolute Gasteiger partial charge is 0.493 e. The minimum Gasteiger partial charge on any atom is -0.493 e. The van der Waals surface area contributed by atoms with Gasteiger partial charge < -0.3 is 9.84 Å². The third-order valence-electron chi connectivity index (χ3n) is 3.69. The number of aryl methyl sites for hydroxylation is 1. The lowest BCUT2D eigenvalue weighted by Gasteiger charge is -2.11. The van der Waals surface area contributed by atoms with Crippen molar-refractivity contribution in [2.24, 2.45) is 0 Å². The number of hydrogen-bond acceptors (Lipinski definition) is 2. The normalized spacial score (nSPS) is 14.7. The Morgan fingerprint density at radius 3 is 2.95 bits per heavy atom. The van der Waals surface area contributed by atoms with E-state index in [9.17, 15) is 9.50 Å². The van der Waals surface area contributed by atoms with E-state index in [1.807, 2.05) is 12.1 Å². The second-order valence-electron chi connectivity index (χ2n) is 5.15. The van der Waals surface area contributed by atoms with Crippen LogP contribution in [0.2, 0.25) is 0 Å². The van der Waals surface area contributed by atoms with Crippen molar-refractivity contribution in [1.29, 1.82) is 0 Å². The van der Waals surface area contributed by atoms with Crippen LogP contribution in [0, 0.1) is 5.82 Å². The Morgan fingerprint density at radius 2 is 2.10 bits per heavy atom. The van der Waals surface area contributed by atoms with Gasteiger partial charge in [-0.2, -0.15) is 0 Å². The molecule has 1 N–H and O–H groups in total. The molecule has 0 fully saturated rings. The van der Waals surface area contributed by atoms with E-state index < -0.39 is 6.10 Å². The van der Waals surface area contributed by atoms with Gasteiger partial charge >= 0.3 is 0 Å². The summed E-state index contributed by atoms with van der Waals surface area (Å²) in [6.45, 7) is 0.755. The lowest BCUT2D eigenvalue weighted by molar-refractivity contribution is 0.167. The van der Waals surface area contributed by atoms with Gasteiger partial charge in [0.05, 0.1) is 12.7 Å². The van der Waals surface area contributed by atoms with E-state index in [0.717, 1.165) is 25.2 Å². The molecule has 0 spiro atoms. The van der Waals surface area contributed by atoms with Gasteiger partial charge in [-0.05, 0) is 47.7 Å². The van der Waals surface area contributed by atoms with Crippen molar-refractivity contribution in [2.45, 2.75) is 25.4 Å². The molecule has 3 heteroatoms. The summed E-state index contributed by atoms with van der Waals surface area (Å²) in [4.78, 5) is 0. The molecule has 0 bridgehead atoms. The summed E-state index contributed by atoms with van der Waals surface area (Å²) in [6, 6.07) is 12.3. The maximum absolute atomic E-state index is 13.1. The van der Waals surface area contributed by atoms with Gasteiger partial charge in [-0.25, -0.2) is 4.39 Å². The van der Waals surface area contributed by atoms with Crippen LogP contribution in [0.4, 0.5) is 4.39 Å². The molecular weight excluding hydrogens is 255 g/mol. The molecule has 1 aliphatic heterocycles. The fourth-order valence-corrected chi connectivity index (χ4v) is 2.58. The molecular formula is C17H17FO2. The van der Waals surface area contributed by atoms with E-state index in [1.165, 1.54) is 23.3 Å². The molecule has 0 aliphatic carbocycles. The highest BCUT2D eigenvalue weighted by molar-refractivity contribution is 5.39. The number of aliphatic hydroxyl groups excluding tert-OH is 1. The van der Waals surface area contributed by atoms with Gasteiger partial charge in [0, 0.05) is 6.42 Å². The topological polar surface area (TPSA) is 29.5 Å². The van der Waals surface area contributed by atoms with Crippen LogP contribution in [0.3, 0.4) is 0 Å². The Balaban J connectivity index is 1.64. The fraction of sp³-hybridized carbons (Fsp3) is 0.294. The predicted molar refractivity (Wildman–Crippen MR) is 75.3 cm³/mol. The van der Waals surface area contributed by atoms with E-state index in [2.05, 4.69) is 6.07 Å². The summed E-state index contributed by atoms with van der Waals surface area (Å²) in [7, 11) is 0. The number of hydrogen-bond donors (Lipinski definition) is 1. The third kappa shape index (κ3) is 2.83. The van der Waals surface area contributed by atoms with Crippen molar-refractivity contribution in [1.82, 2.24) is 0 Å². The number of fused-ring (bicyclic) bond motifs is 1. The van der Waals surface area contributed by atoms with Gasteiger partial charge in [-0.3, -0.25) is 0 Å². The average Bonchev–Trinajstić information content (AvgIpc) is 2.92. The maximum Gasteiger partial charge on any atom is 0.123 e. The second kappa shape index (κ2) is 5.63. The van der Waals surface area contributed by atoms with Crippen LogP contribution in [-0.4, -0.2) is 11.7 Å². The van der Waals surface area contributed by atoms with E-state index in [-0.39, 0.29) is 5.82 Å². The van der Waals surface area contributed by atoms with E-state index in [4.69, 9.17) is 4.74 Å². The van der Waals surface area contributed by atoms with Crippen molar-refractivity contribution in [3.63, 3.8) is 0 Å². The van der Waals surface area contributed by atoms with Crippen LogP contribution in [-0.2, 0) is 12.8 Å². The van der Waals surface area contributed by atoms with Crippen LogP contribution in [0.1, 0.15) is 29.2 Å². The molecule has 3 rings (SSSR count). The van der Waals surface area contributed by atoms with Crippen molar-refractivity contribution < 1.29 is 14.2 Å². The van der Waals surface area contributed by atoms with E-state index in [1.54, 1.807) is 12.1 Å². The lowest BCUT2D eigenvalue weighted by Crippen LogP contribution is -2.00. The van der Waals surface area contributed by atoms with Gasteiger partial charge in [-0.15, -0.1) is 0 Å². The minimum absolute atomic E-state index is 0.309. The number of rotatable bonds is 4. The maximum atomic E-state index is 13.1. The van der Waals surface area contributed by atoms with E-state index in [0.29, 0.717) is 12.0 Å². The average molecular weight is 272 g/mol. The highest BCUT2D eigenvalue weighted by Crippen LogP contribution is 2.27. The smallest absolute Gasteiger partial charge is 0.123 e. The van der Waals surface area contributed by atoms with E-state index >= 15 is 0 Å². The Labute approximate surface area is 117 Å². The predicted octanol–water partition coefficient (Wildman–Crippen LogP) is 3.43. The molecule has 20 heavy (non-hydrogen) atoms. The molecule has 2 aromatic carbocycles. The van der Waals surface area contributed by atoms with Gasteiger partial charge in [0.2, 0.25) is 0 Å². The number of aliphatic hydroxyl groups is 1. The summed E-state index contributed by atoms with van der Waals surface area (Å²) in [5.74, 6) is 0.663. The Morgan fingerprint density at radius 1 is 1.20 bits per heavy atom. The first-order valence-corrected chi connectivity index (χ1v) is 6.90. The molecule has 0 aromatic heterocycles. The van der Waals surface area contributed by atoms with Crippen LogP contribution in [0.25, 0.3) is 0 Å². The molecule has 0 radical (unpaired) electrons. The van der Waals surface area contributed by atoms with Crippen LogP contribution >= 0.6 is 0 Å². The quantitative estimate of drug-likeness (QED) is 0.924. The Bertz CT molecular complexity index is 610. The Kier molecular flexibility index (Phi) is 3.70. The van der Waals surface area contributed by atoms with Crippen molar-refractivity contribution in [2.75, 3.05) is 6.61 Å². The summed E-state index contributed by atoms with van der Waals surface area (Å²) in [5.41, 5.74) is 3.06. The standard InChI is InChI=1S/C17H17FO2/c18-15-3-1-2-13(11-15)16(19)6-4-12-5-7-17-14(10-12)8-9-20-17/h1-3,5,7,10-11,16,19H,4,6,8-9H2. The molecule has 1 heterocycles. The van der Waals surface area contributed by atoms with Crippen LogP contribution < -0.4 is 4.74 Å². The number of benzene rings is 2. The molecule has 104 valence electrons. The van der Waals surface area contributed by atoms with Crippen LogP contribution in [0.5, 0.6) is 5.75 Å². The molecule has 0 saturated carbocycles. The summed E-state index contributed by atoms with van der Waals surface area (Å²) in [5, 5.41) is 10.1. The van der Waals surface area contributed by atoms with Gasteiger partial charge in [0.25, 0.3) is 0 Å². The fourth-order valence-electron chi connectivity index (χ4n) is 2.58. The first kappa shape index (κ1) is 13.1. The molecule has 0 amide bonds. The van der Waals surface area contributed by atoms with Crippen molar-refractivity contribution in [3.8, 4) is 5.75 Å². The van der Waals surface area contributed by atoms with Crippen LogP contribution in [0.15, 0.2) is 42.5 Å². The first-order chi connectivity index (χ1) is 9.72. The molecule has 0 saturated heterocycles. The zero-order chi connectivity index (χ0) is 13.9. The zero-order valence-electron chi connectivity index (χ0n) is 11.2. The summed E-state index contributed by atoms with van der Waals surface area (Å²) >= 11 is 0. The number of ether oxygens (including phenoxy) is 1. The third-order valence-corrected chi connectivity index (χ3v) is 3.69. The lowest BCUT2D eigenvalue weighted by atomic mass is 9.99. The van der Waals surface area contributed by atoms with Gasteiger partial charge in [0.1, 0.15) is 11.6 Å².